The van der Waals surface area contributed by atoms with Crippen molar-refractivity contribution in [3.8, 4) is 0 Å². The predicted molar refractivity (Wildman–Crippen MR) is 92.9 cm³/mol. The SMILES string of the molecule is NC(=NN=Cc1cccc(Cl)c1)NN=Cc1cccc(Cl)c1. The summed E-state index contributed by atoms with van der Waals surface area (Å²) >= 11 is 11.7. The Labute approximate surface area is 138 Å². The Kier molecular flexibility index (Phi) is 5.94. The van der Waals surface area contributed by atoms with Crippen molar-refractivity contribution in [3.63, 3.8) is 0 Å². The highest BCUT2D eigenvalue weighted by molar-refractivity contribution is 6.31. The molecule has 0 radical (unpaired) electrons. The number of hydrazone groups is 1. The van der Waals surface area contributed by atoms with Crippen LogP contribution >= 0.6 is 23.2 Å². The number of benzene rings is 2. The van der Waals surface area contributed by atoms with Gasteiger partial charge in [-0.05, 0) is 35.4 Å². The number of halogens is 2. The Morgan fingerprint density at radius 2 is 1.55 bits per heavy atom. The van der Waals surface area contributed by atoms with E-state index in [2.05, 4.69) is 20.7 Å². The smallest absolute Gasteiger partial charge is 0.234 e. The fourth-order valence-electron chi connectivity index (χ4n) is 1.53. The molecule has 2 aromatic rings. The van der Waals surface area contributed by atoms with Crippen LogP contribution in [0.25, 0.3) is 0 Å². The van der Waals surface area contributed by atoms with Gasteiger partial charge in [-0.3, -0.25) is 0 Å². The fraction of sp³-hybridized carbons (Fsp3) is 0. The Bertz CT molecular complexity index is 725. The fourth-order valence-corrected chi connectivity index (χ4v) is 1.92. The average Bonchev–Trinajstić information content (AvgIpc) is 2.47. The molecule has 0 aliphatic rings. The van der Waals surface area contributed by atoms with Gasteiger partial charge in [-0.2, -0.15) is 10.2 Å². The number of guanidine groups is 1. The summed E-state index contributed by atoms with van der Waals surface area (Å²) in [6, 6.07) is 14.5. The third-order valence-electron chi connectivity index (χ3n) is 2.46. The highest BCUT2D eigenvalue weighted by Gasteiger charge is 1.91. The first-order chi connectivity index (χ1) is 10.6. The first kappa shape index (κ1) is 16.0. The number of hydrogen-bond donors (Lipinski definition) is 2. The zero-order chi connectivity index (χ0) is 15.8. The molecule has 3 N–H and O–H groups in total. The van der Waals surface area contributed by atoms with Gasteiger partial charge in [0.25, 0.3) is 0 Å². The van der Waals surface area contributed by atoms with Gasteiger partial charge in [0.05, 0.1) is 12.4 Å². The Morgan fingerprint density at radius 1 is 0.955 bits per heavy atom. The number of nitrogens with zero attached hydrogens (tertiary/aromatic N) is 3. The van der Waals surface area contributed by atoms with Gasteiger partial charge in [0, 0.05) is 10.0 Å². The highest BCUT2D eigenvalue weighted by Crippen LogP contribution is 2.09. The van der Waals surface area contributed by atoms with Crippen LogP contribution in [0.1, 0.15) is 11.1 Å². The van der Waals surface area contributed by atoms with Crippen molar-refractivity contribution in [1.82, 2.24) is 5.43 Å². The van der Waals surface area contributed by atoms with E-state index in [-0.39, 0.29) is 5.96 Å². The normalized spacial score (nSPS) is 12.2. The van der Waals surface area contributed by atoms with Crippen LogP contribution in [0.4, 0.5) is 0 Å². The van der Waals surface area contributed by atoms with E-state index in [4.69, 9.17) is 28.9 Å². The lowest BCUT2D eigenvalue weighted by Crippen LogP contribution is -2.26. The second-order valence-electron chi connectivity index (χ2n) is 4.21. The van der Waals surface area contributed by atoms with Crippen LogP contribution in [0.15, 0.2) is 63.8 Å². The minimum absolute atomic E-state index is 0.0663. The molecular weight excluding hydrogens is 321 g/mol. The third-order valence-corrected chi connectivity index (χ3v) is 2.93. The molecule has 0 spiro atoms. The van der Waals surface area contributed by atoms with Crippen molar-refractivity contribution < 1.29 is 0 Å². The summed E-state index contributed by atoms with van der Waals surface area (Å²) in [5.41, 5.74) is 9.85. The molecule has 2 aromatic carbocycles. The van der Waals surface area contributed by atoms with Gasteiger partial charge in [0.1, 0.15) is 0 Å². The lowest BCUT2D eigenvalue weighted by atomic mass is 10.2. The Morgan fingerprint density at radius 3 is 2.14 bits per heavy atom. The molecule has 7 heteroatoms. The molecule has 22 heavy (non-hydrogen) atoms. The number of rotatable bonds is 4. The second-order valence-corrected chi connectivity index (χ2v) is 5.08. The number of hydrogen-bond acceptors (Lipinski definition) is 3. The molecule has 0 heterocycles. The van der Waals surface area contributed by atoms with E-state index in [0.29, 0.717) is 10.0 Å². The summed E-state index contributed by atoms with van der Waals surface area (Å²) < 4.78 is 0. The molecule has 0 aliphatic heterocycles. The number of nitrogens with two attached hydrogens (primary N) is 1. The lowest BCUT2D eigenvalue weighted by molar-refractivity contribution is 0.994. The van der Waals surface area contributed by atoms with E-state index in [0.717, 1.165) is 11.1 Å². The van der Waals surface area contributed by atoms with Crippen LogP contribution in [0, 0.1) is 0 Å². The lowest BCUT2D eigenvalue weighted by Gasteiger charge is -1.97. The van der Waals surface area contributed by atoms with Crippen LogP contribution in [0.2, 0.25) is 10.0 Å². The minimum atomic E-state index is 0.0663. The highest BCUT2D eigenvalue weighted by atomic mass is 35.5. The van der Waals surface area contributed by atoms with Crippen molar-refractivity contribution >= 4 is 41.6 Å². The van der Waals surface area contributed by atoms with Crippen molar-refractivity contribution in [1.29, 1.82) is 0 Å². The standard InChI is InChI=1S/C15H13Cl2N5/c16-13-5-1-3-11(7-13)9-19-21-15(18)22-20-10-12-4-2-6-14(17)8-12/h1-10H,(H3,18,21,22). The molecule has 112 valence electrons. The molecule has 0 fully saturated rings. The van der Waals surface area contributed by atoms with Gasteiger partial charge in [-0.1, -0.05) is 47.5 Å². The zero-order valence-corrected chi connectivity index (χ0v) is 13.0. The number of nitrogens with one attached hydrogen (secondary N) is 1. The first-order valence-electron chi connectivity index (χ1n) is 6.30. The average molecular weight is 334 g/mol. The second kappa shape index (κ2) is 8.17. The Balaban J connectivity index is 1.90. The monoisotopic (exact) mass is 333 g/mol. The van der Waals surface area contributed by atoms with Gasteiger partial charge in [-0.25, -0.2) is 5.43 Å². The van der Waals surface area contributed by atoms with Gasteiger partial charge >= 0.3 is 0 Å². The predicted octanol–water partition coefficient (Wildman–Crippen LogP) is 3.27. The maximum atomic E-state index is 5.87. The quantitative estimate of drug-likeness (QED) is 0.512. The topological polar surface area (TPSA) is 75.1 Å². The van der Waals surface area contributed by atoms with E-state index < -0.39 is 0 Å². The van der Waals surface area contributed by atoms with Crippen LogP contribution in [0.5, 0.6) is 0 Å². The van der Waals surface area contributed by atoms with Crippen LogP contribution in [-0.2, 0) is 0 Å². The van der Waals surface area contributed by atoms with E-state index in [1.807, 2.05) is 24.3 Å². The van der Waals surface area contributed by atoms with Crippen LogP contribution in [0.3, 0.4) is 0 Å². The maximum Gasteiger partial charge on any atom is 0.234 e. The van der Waals surface area contributed by atoms with E-state index in [1.54, 1.807) is 36.7 Å². The van der Waals surface area contributed by atoms with Gasteiger partial charge in [0.2, 0.25) is 5.96 Å². The molecule has 0 unspecified atom stereocenters. The van der Waals surface area contributed by atoms with E-state index in [9.17, 15) is 0 Å². The molecule has 0 saturated heterocycles. The van der Waals surface area contributed by atoms with E-state index >= 15 is 0 Å². The molecule has 0 aromatic heterocycles. The van der Waals surface area contributed by atoms with Crippen LogP contribution < -0.4 is 11.2 Å². The molecule has 0 aliphatic carbocycles. The summed E-state index contributed by atoms with van der Waals surface area (Å²) in [6.07, 6.45) is 3.12. The van der Waals surface area contributed by atoms with Crippen molar-refractivity contribution in [2.24, 2.45) is 21.0 Å². The summed E-state index contributed by atoms with van der Waals surface area (Å²) in [7, 11) is 0. The summed E-state index contributed by atoms with van der Waals surface area (Å²) in [5.74, 6) is 0.0663. The first-order valence-corrected chi connectivity index (χ1v) is 7.06. The summed E-state index contributed by atoms with van der Waals surface area (Å²) in [4.78, 5) is 0. The summed E-state index contributed by atoms with van der Waals surface area (Å²) in [5, 5.41) is 12.8. The van der Waals surface area contributed by atoms with Crippen molar-refractivity contribution in [3.05, 3.63) is 69.7 Å². The van der Waals surface area contributed by atoms with Crippen molar-refractivity contribution in [2.45, 2.75) is 0 Å². The molecule has 0 amide bonds. The molecule has 0 bridgehead atoms. The van der Waals surface area contributed by atoms with E-state index in [1.165, 1.54) is 0 Å². The van der Waals surface area contributed by atoms with Crippen LogP contribution in [-0.4, -0.2) is 18.4 Å². The molecular formula is C15H13Cl2N5. The van der Waals surface area contributed by atoms with Gasteiger partial charge < -0.3 is 5.73 Å². The minimum Gasteiger partial charge on any atom is -0.367 e. The van der Waals surface area contributed by atoms with Gasteiger partial charge in [-0.15, -0.1) is 5.10 Å². The maximum absolute atomic E-state index is 5.87. The molecule has 0 atom stereocenters. The third kappa shape index (κ3) is 5.55. The largest absolute Gasteiger partial charge is 0.367 e. The van der Waals surface area contributed by atoms with Gasteiger partial charge in [0.15, 0.2) is 0 Å². The molecule has 5 nitrogen and oxygen atoms in total. The zero-order valence-electron chi connectivity index (χ0n) is 11.4. The van der Waals surface area contributed by atoms with Crippen molar-refractivity contribution in [2.75, 3.05) is 0 Å². The molecule has 0 saturated carbocycles. The molecule has 2 rings (SSSR count). The Hall–Kier alpha value is -2.37. The summed E-state index contributed by atoms with van der Waals surface area (Å²) in [6.45, 7) is 0.